The van der Waals surface area contributed by atoms with E-state index in [0.717, 1.165) is 22.4 Å². The minimum atomic E-state index is -0.206. The third-order valence-corrected chi connectivity index (χ3v) is 4.89. The van der Waals surface area contributed by atoms with Gasteiger partial charge in [0, 0.05) is 32.1 Å². The van der Waals surface area contributed by atoms with Gasteiger partial charge in [-0.15, -0.1) is 0 Å². The molecule has 3 aromatic carbocycles. The number of nitrogens with zero attached hydrogens (tertiary/aromatic N) is 1. The van der Waals surface area contributed by atoms with Crippen molar-refractivity contribution in [3.8, 4) is 16.9 Å². The molecule has 0 aliphatic rings. The first-order valence-electron chi connectivity index (χ1n) is 10.7. The molecule has 0 unspecified atom stereocenters. The molecule has 2 N–H and O–H groups in total. The Bertz CT molecular complexity index is 993. The molecule has 3 rings (SSSR count). The van der Waals surface area contributed by atoms with E-state index in [1.54, 1.807) is 11.9 Å². The average Bonchev–Trinajstić information content (AvgIpc) is 2.83. The van der Waals surface area contributed by atoms with Gasteiger partial charge in [0.25, 0.3) is 0 Å². The smallest absolute Gasteiger partial charge is 0.317 e. The standard InChI is InChI=1S/C26H29N3O3/c1-29(20-21-10-4-2-5-11-21)26(31)28-17-16-25(30)27-18-19-32-24-15-9-8-14-23(24)22-12-6-3-7-13-22/h2-15H,16-20H2,1H3,(H,27,30)(H,28,31). The molecule has 0 bridgehead atoms. The summed E-state index contributed by atoms with van der Waals surface area (Å²) in [7, 11) is 1.73. The van der Waals surface area contributed by atoms with Gasteiger partial charge in [-0.05, 0) is 17.2 Å². The van der Waals surface area contributed by atoms with Crippen LogP contribution < -0.4 is 15.4 Å². The number of amides is 3. The monoisotopic (exact) mass is 431 g/mol. The number of para-hydroxylation sites is 1. The number of hydrogen-bond acceptors (Lipinski definition) is 3. The Balaban J connectivity index is 1.34. The predicted molar refractivity (Wildman–Crippen MR) is 126 cm³/mol. The SMILES string of the molecule is CN(Cc1ccccc1)C(=O)NCCC(=O)NCCOc1ccccc1-c1ccccc1. The van der Waals surface area contributed by atoms with Gasteiger partial charge in [0.05, 0.1) is 6.54 Å². The number of carbonyl (C=O) groups is 2. The van der Waals surface area contributed by atoms with Crippen molar-refractivity contribution in [2.45, 2.75) is 13.0 Å². The minimum Gasteiger partial charge on any atom is -0.491 e. The normalized spacial score (nSPS) is 10.3. The van der Waals surface area contributed by atoms with E-state index in [1.807, 2.05) is 84.9 Å². The van der Waals surface area contributed by atoms with Crippen LogP contribution in [0.25, 0.3) is 11.1 Å². The van der Waals surface area contributed by atoms with E-state index in [4.69, 9.17) is 4.74 Å². The number of rotatable bonds is 10. The van der Waals surface area contributed by atoms with E-state index in [-0.39, 0.29) is 24.9 Å². The second-order valence-electron chi connectivity index (χ2n) is 7.38. The van der Waals surface area contributed by atoms with E-state index in [9.17, 15) is 9.59 Å². The lowest BCUT2D eigenvalue weighted by molar-refractivity contribution is -0.121. The molecule has 0 aromatic heterocycles. The third kappa shape index (κ3) is 7.16. The summed E-state index contributed by atoms with van der Waals surface area (Å²) in [5.41, 5.74) is 3.15. The molecule has 0 aliphatic heterocycles. The summed E-state index contributed by atoms with van der Waals surface area (Å²) in [6.45, 7) is 1.55. The van der Waals surface area contributed by atoms with Crippen LogP contribution in [0.15, 0.2) is 84.9 Å². The summed E-state index contributed by atoms with van der Waals surface area (Å²) >= 11 is 0. The number of nitrogens with one attached hydrogen (secondary N) is 2. The molecule has 0 fully saturated rings. The Morgan fingerprint density at radius 3 is 2.22 bits per heavy atom. The van der Waals surface area contributed by atoms with Crippen molar-refractivity contribution in [2.75, 3.05) is 26.7 Å². The lowest BCUT2D eigenvalue weighted by atomic mass is 10.1. The van der Waals surface area contributed by atoms with Crippen LogP contribution in [0.3, 0.4) is 0 Å². The summed E-state index contributed by atoms with van der Waals surface area (Å²) < 4.78 is 5.88. The van der Waals surface area contributed by atoms with Crippen molar-refractivity contribution in [1.82, 2.24) is 15.5 Å². The number of benzene rings is 3. The maximum Gasteiger partial charge on any atom is 0.317 e. The zero-order valence-electron chi connectivity index (χ0n) is 18.3. The molecule has 0 spiro atoms. The van der Waals surface area contributed by atoms with E-state index in [2.05, 4.69) is 10.6 Å². The van der Waals surface area contributed by atoms with Gasteiger partial charge in [-0.25, -0.2) is 4.79 Å². The molecule has 166 valence electrons. The number of carbonyl (C=O) groups excluding carboxylic acids is 2. The highest BCUT2D eigenvalue weighted by Crippen LogP contribution is 2.29. The molecule has 0 saturated carbocycles. The summed E-state index contributed by atoms with van der Waals surface area (Å²) in [6.07, 6.45) is 0.214. The fraction of sp³-hybridized carbons (Fsp3) is 0.231. The molecule has 3 amide bonds. The molecule has 6 heteroatoms. The van der Waals surface area contributed by atoms with Gasteiger partial charge in [-0.2, -0.15) is 0 Å². The Morgan fingerprint density at radius 1 is 0.812 bits per heavy atom. The first-order valence-corrected chi connectivity index (χ1v) is 10.7. The van der Waals surface area contributed by atoms with Crippen LogP contribution in [-0.4, -0.2) is 43.6 Å². The maximum absolute atomic E-state index is 12.2. The highest BCUT2D eigenvalue weighted by atomic mass is 16.5. The van der Waals surface area contributed by atoms with E-state index in [1.165, 1.54) is 0 Å². The Kier molecular flexibility index (Phi) is 8.69. The van der Waals surface area contributed by atoms with Crippen molar-refractivity contribution >= 4 is 11.9 Å². The van der Waals surface area contributed by atoms with Crippen molar-refractivity contribution < 1.29 is 14.3 Å². The van der Waals surface area contributed by atoms with Crippen molar-refractivity contribution in [2.24, 2.45) is 0 Å². The van der Waals surface area contributed by atoms with Crippen molar-refractivity contribution in [3.05, 3.63) is 90.5 Å². The second kappa shape index (κ2) is 12.2. The molecule has 0 aliphatic carbocycles. The summed E-state index contributed by atoms with van der Waals surface area (Å²) in [5, 5.41) is 5.60. The summed E-state index contributed by atoms with van der Waals surface area (Å²) in [5.74, 6) is 0.651. The second-order valence-corrected chi connectivity index (χ2v) is 7.38. The Labute approximate surface area is 189 Å². The lowest BCUT2D eigenvalue weighted by Crippen LogP contribution is -2.39. The van der Waals surface area contributed by atoms with Crippen LogP contribution in [0.1, 0.15) is 12.0 Å². The fourth-order valence-electron chi connectivity index (χ4n) is 3.24. The average molecular weight is 432 g/mol. The van der Waals surface area contributed by atoms with Crippen LogP contribution in [-0.2, 0) is 11.3 Å². The largest absolute Gasteiger partial charge is 0.491 e. The molecule has 0 heterocycles. The first kappa shape index (κ1) is 22.9. The lowest BCUT2D eigenvalue weighted by Gasteiger charge is -2.18. The van der Waals surface area contributed by atoms with Gasteiger partial charge in [0.15, 0.2) is 0 Å². The van der Waals surface area contributed by atoms with Crippen molar-refractivity contribution in [3.63, 3.8) is 0 Å². The van der Waals surface area contributed by atoms with Gasteiger partial charge < -0.3 is 20.3 Å². The molecule has 6 nitrogen and oxygen atoms in total. The quantitative estimate of drug-likeness (QED) is 0.475. The van der Waals surface area contributed by atoms with E-state index in [0.29, 0.717) is 19.7 Å². The molecular formula is C26H29N3O3. The Hall–Kier alpha value is -3.80. The first-order chi connectivity index (χ1) is 15.6. The highest BCUT2D eigenvalue weighted by molar-refractivity contribution is 5.78. The van der Waals surface area contributed by atoms with E-state index < -0.39 is 0 Å². The van der Waals surface area contributed by atoms with E-state index >= 15 is 0 Å². The van der Waals surface area contributed by atoms with Crippen LogP contribution >= 0.6 is 0 Å². The van der Waals surface area contributed by atoms with Gasteiger partial charge >= 0.3 is 6.03 Å². The molecule has 0 atom stereocenters. The molecule has 0 radical (unpaired) electrons. The van der Waals surface area contributed by atoms with Crippen LogP contribution in [0, 0.1) is 0 Å². The maximum atomic E-state index is 12.2. The topological polar surface area (TPSA) is 70.7 Å². The molecule has 32 heavy (non-hydrogen) atoms. The Morgan fingerprint density at radius 2 is 1.47 bits per heavy atom. The fourth-order valence-corrected chi connectivity index (χ4v) is 3.24. The van der Waals surface area contributed by atoms with Gasteiger partial charge in [-0.3, -0.25) is 4.79 Å². The number of hydrogen-bond donors (Lipinski definition) is 2. The molecular weight excluding hydrogens is 402 g/mol. The van der Waals surface area contributed by atoms with Crippen LogP contribution in [0.5, 0.6) is 5.75 Å². The van der Waals surface area contributed by atoms with Crippen LogP contribution in [0.2, 0.25) is 0 Å². The molecule has 3 aromatic rings. The predicted octanol–water partition coefficient (Wildman–Crippen LogP) is 4.08. The number of urea groups is 1. The summed E-state index contributed by atoms with van der Waals surface area (Å²) in [6, 6.07) is 27.4. The minimum absolute atomic E-state index is 0.129. The molecule has 0 saturated heterocycles. The zero-order chi connectivity index (χ0) is 22.6. The third-order valence-electron chi connectivity index (χ3n) is 4.89. The van der Waals surface area contributed by atoms with Gasteiger partial charge in [0.2, 0.25) is 5.91 Å². The number of ether oxygens (including phenoxy) is 1. The zero-order valence-corrected chi connectivity index (χ0v) is 18.3. The van der Waals surface area contributed by atoms with Gasteiger partial charge in [-0.1, -0.05) is 78.9 Å². The summed E-state index contributed by atoms with van der Waals surface area (Å²) in [4.78, 5) is 25.8. The van der Waals surface area contributed by atoms with Gasteiger partial charge in [0.1, 0.15) is 12.4 Å². The van der Waals surface area contributed by atoms with Crippen LogP contribution in [0.4, 0.5) is 4.79 Å². The highest BCUT2D eigenvalue weighted by Gasteiger charge is 2.10. The van der Waals surface area contributed by atoms with Crippen molar-refractivity contribution in [1.29, 1.82) is 0 Å².